The first-order valence-corrected chi connectivity index (χ1v) is 9.42. The minimum absolute atomic E-state index is 0.192. The van der Waals surface area contributed by atoms with E-state index in [-0.39, 0.29) is 17.4 Å². The summed E-state index contributed by atoms with van der Waals surface area (Å²) in [5.41, 5.74) is 1.48. The molecule has 0 unspecified atom stereocenters. The number of amides is 2. The standard InChI is InChI=1S/C19H21N5O3S/c1-10-15-17(26)22-14(9-24(3)4)23-19(15)28-16(10)18(27)21-13-7-5-6-12(8-13)20-11(2)25/h5-8H,9H2,1-4H3,(H,20,25)(H,21,27)(H,22,23,26). The van der Waals surface area contributed by atoms with Crippen molar-refractivity contribution < 1.29 is 9.59 Å². The lowest BCUT2D eigenvalue weighted by atomic mass is 10.2. The highest BCUT2D eigenvalue weighted by atomic mass is 32.1. The molecule has 2 aromatic heterocycles. The molecule has 0 bridgehead atoms. The van der Waals surface area contributed by atoms with E-state index in [9.17, 15) is 14.4 Å². The number of aryl methyl sites for hydroxylation is 1. The number of hydrogen-bond acceptors (Lipinski definition) is 6. The van der Waals surface area contributed by atoms with Gasteiger partial charge in [-0.25, -0.2) is 4.98 Å². The largest absolute Gasteiger partial charge is 0.326 e. The number of aromatic amines is 1. The van der Waals surface area contributed by atoms with Crippen LogP contribution in [-0.2, 0) is 11.3 Å². The van der Waals surface area contributed by atoms with Gasteiger partial charge in [0.05, 0.1) is 16.8 Å². The maximum Gasteiger partial charge on any atom is 0.266 e. The highest BCUT2D eigenvalue weighted by molar-refractivity contribution is 7.20. The predicted molar refractivity (Wildman–Crippen MR) is 111 cm³/mol. The second-order valence-corrected chi connectivity index (χ2v) is 7.70. The van der Waals surface area contributed by atoms with E-state index in [1.165, 1.54) is 18.3 Å². The number of benzene rings is 1. The van der Waals surface area contributed by atoms with E-state index in [2.05, 4.69) is 20.6 Å². The number of rotatable bonds is 5. The van der Waals surface area contributed by atoms with Gasteiger partial charge in [-0.2, -0.15) is 0 Å². The predicted octanol–water partition coefficient (Wildman–Crippen LogP) is 2.57. The van der Waals surface area contributed by atoms with Gasteiger partial charge in [-0.15, -0.1) is 11.3 Å². The molecule has 28 heavy (non-hydrogen) atoms. The average molecular weight is 399 g/mol. The van der Waals surface area contributed by atoms with Crippen molar-refractivity contribution in [1.29, 1.82) is 0 Å². The molecule has 0 aliphatic carbocycles. The van der Waals surface area contributed by atoms with Crippen LogP contribution in [-0.4, -0.2) is 40.8 Å². The first kappa shape index (κ1) is 19.7. The third kappa shape index (κ3) is 4.26. The Morgan fingerprint density at radius 2 is 1.89 bits per heavy atom. The maximum absolute atomic E-state index is 12.8. The Morgan fingerprint density at radius 3 is 2.54 bits per heavy atom. The van der Waals surface area contributed by atoms with E-state index in [1.54, 1.807) is 31.2 Å². The maximum atomic E-state index is 12.8. The van der Waals surface area contributed by atoms with Gasteiger partial charge in [0.1, 0.15) is 10.7 Å². The smallest absolute Gasteiger partial charge is 0.266 e. The van der Waals surface area contributed by atoms with E-state index in [0.717, 1.165) is 0 Å². The average Bonchev–Trinajstić information content (AvgIpc) is 2.91. The minimum Gasteiger partial charge on any atom is -0.326 e. The van der Waals surface area contributed by atoms with Crippen molar-refractivity contribution in [3.05, 3.63) is 50.9 Å². The number of nitrogens with one attached hydrogen (secondary N) is 3. The summed E-state index contributed by atoms with van der Waals surface area (Å²) in [4.78, 5) is 46.6. The molecule has 0 radical (unpaired) electrons. The second-order valence-electron chi connectivity index (χ2n) is 6.70. The highest BCUT2D eigenvalue weighted by Crippen LogP contribution is 2.28. The number of hydrogen-bond donors (Lipinski definition) is 3. The van der Waals surface area contributed by atoms with E-state index in [0.29, 0.717) is 44.4 Å². The molecule has 146 valence electrons. The molecule has 0 fully saturated rings. The van der Waals surface area contributed by atoms with Crippen LogP contribution >= 0.6 is 11.3 Å². The van der Waals surface area contributed by atoms with Crippen LogP contribution in [0.2, 0.25) is 0 Å². The molecule has 0 saturated carbocycles. The SMILES string of the molecule is CC(=O)Nc1cccc(NC(=O)c2sc3nc(CN(C)C)[nH]c(=O)c3c2C)c1. The third-order valence-corrected chi connectivity index (χ3v) is 5.15. The zero-order valence-corrected chi connectivity index (χ0v) is 16.9. The van der Waals surface area contributed by atoms with Gasteiger partial charge in [0, 0.05) is 18.3 Å². The molecule has 3 aromatic rings. The zero-order valence-electron chi connectivity index (χ0n) is 16.0. The van der Waals surface area contributed by atoms with Crippen LogP contribution in [0.5, 0.6) is 0 Å². The summed E-state index contributed by atoms with van der Waals surface area (Å²) < 4.78 is 0. The molecule has 3 rings (SSSR count). The number of carbonyl (C=O) groups is 2. The first-order valence-electron chi connectivity index (χ1n) is 8.60. The lowest BCUT2D eigenvalue weighted by molar-refractivity contribution is -0.114. The summed E-state index contributed by atoms with van der Waals surface area (Å²) in [5, 5.41) is 5.92. The fraction of sp³-hybridized carbons (Fsp3) is 0.263. The monoisotopic (exact) mass is 399 g/mol. The number of thiophene rings is 1. The van der Waals surface area contributed by atoms with Crippen molar-refractivity contribution in [2.24, 2.45) is 0 Å². The minimum atomic E-state index is -0.325. The summed E-state index contributed by atoms with van der Waals surface area (Å²) in [7, 11) is 3.77. The molecule has 2 amide bonds. The molecule has 9 heteroatoms. The number of nitrogens with zero attached hydrogens (tertiary/aromatic N) is 2. The van der Waals surface area contributed by atoms with E-state index >= 15 is 0 Å². The fourth-order valence-electron chi connectivity index (χ4n) is 2.85. The topological polar surface area (TPSA) is 107 Å². The normalized spacial score (nSPS) is 11.0. The summed E-state index contributed by atoms with van der Waals surface area (Å²) in [5.74, 6) is 0.0374. The number of anilines is 2. The Morgan fingerprint density at radius 1 is 1.21 bits per heavy atom. The molecule has 0 spiro atoms. The Hall–Kier alpha value is -3.04. The fourth-order valence-corrected chi connectivity index (χ4v) is 3.94. The number of carbonyl (C=O) groups excluding carboxylic acids is 2. The molecule has 8 nitrogen and oxygen atoms in total. The second kappa shape index (κ2) is 7.91. The van der Waals surface area contributed by atoms with Crippen LogP contribution < -0.4 is 16.2 Å². The molecule has 0 aliphatic rings. The number of fused-ring (bicyclic) bond motifs is 1. The van der Waals surface area contributed by atoms with Crippen molar-refractivity contribution in [1.82, 2.24) is 14.9 Å². The Kier molecular flexibility index (Phi) is 5.57. The quantitative estimate of drug-likeness (QED) is 0.611. The third-order valence-electron chi connectivity index (χ3n) is 3.96. The van der Waals surface area contributed by atoms with Crippen LogP contribution in [0.4, 0.5) is 11.4 Å². The molecule has 0 aliphatic heterocycles. The van der Waals surface area contributed by atoms with Crippen LogP contribution in [0.25, 0.3) is 10.2 Å². The van der Waals surface area contributed by atoms with Gasteiger partial charge in [-0.05, 0) is 44.8 Å². The molecule has 0 atom stereocenters. The van der Waals surface area contributed by atoms with Gasteiger partial charge >= 0.3 is 0 Å². The summed E-state index contributed by atoms with van der Waals surface area (Å²) in [6.45, 7) is 3.66. The Balaban J connectivity index is 1.92. The molecular weight excluding hydrogens is 378 g/mol. The van der Waals surface area contributed by atoms with Gasteiger partial charge in [0.15, 0.2) is 0 Å². The first-order chi connectivity index (χ1) is 13.2. The van der Waals surface area contributed by atoms with Crippen LogP contribution in [0, 0.1) is 6.92 Å². The van der Waals surface area contributed by atoms with Gasteiger partial charge in [0.2, 0.25) is 5.91 Å². The van der Waals surface area contributed by atoms with Gasteiger partial charge in [0.25, 0.3) is 11.5 Å². The molecule has 0 saturated heterocycles. The van der Waals surface area contributed by atoms with Crippen LogP contribution in [0.3, 0.4) is 0 Å². The summed E-state index contributed by atoms with van der Waals surface area (Å²) in [6.07, 6.45) is 0. The van der Waals surface area contributed by atoms with E-state index < -0.39 is 0 Å². The van der Waals surface area contributed by atoms with Gasteiger partial charge < -0.3 is 20.5 Å². The van der Waals surface area contributed by atoms with Gasteiger partial charge in [-0.1, -0.05) is 6.07 Å². The lowest BCUT2D eigenvalue weighted by Gasteiger charge is -2.07. The van der Waals surface area contributed by atoms with Crippen LogP contribution in [0.15, 0.2) is 29.1 Å². The van der Waals surface area contributed by atoms with E-state index in [1.807, 2.05) is 19.0 Å². The number of aromatic nitrogens is 2. The highest BCUT2D eigenvalue weighted by Gasteiger charge is 2.19. The number of H-pyrrole nitrogens is 1. The van der Waals surface area contributed by atoms with Crippen molar-refractivity contribution in [2.45, 2.75) is 20.4 Å². The van der Waals surface area contributed by atoms with Crippen molar-refractivity contribution in [2.75, 3.05) is 24.7 Å². The van der Waals surface area contributed by atoms with E-state index in [4.69, 9.17) is 0 Å². The summed E-state index contributed by atoms with van der Waals surface area (Å²) >= 11 is 1.19. The van der Waals surface area contributed by atoms with Crippen LogP contribution in [0.1, 0.15) is 28.0 Å². The molecular formula is C19H21N5O3S. The molecule has 3 N–H and O–H groups in total. The van der Waals surface area contributed by atoms with Gasteiger partial charge in [-0.3, -0.25) is 14.4 Å². The zero-order chi connectivity index (χ0) is 20.4. The lowest BCUT2D eigenvalue weighted by Crippen LogP contribution is -2.18. The van der Waals surface area contributed by atoms with Crippen molar-refractivity contribution in [3.8, 4) is 0 Å². The van der Waals surface area contributed by atoms with Crippen molar-refractivity contribution >= 4 is 44.7 Å². The summed E-state index contributed by atoms with van der Waals surface area (Å²) in [6, 6.07) is 6.87. The Labute approximate surface area is 165 Å². The van der Waals surface area contributed by atoms with Crippen molar-refractivity contribution in [3.63, 3.8) is 0 Å². The molecule has 2 heterocycles. The Bertz CT molecular complexity index is 1120. The molecule has 1 aromatic carbocycles.